The predicted molar refractivity (Wildman–Crippen MR) is 194 cm³/mol. The van der Waals surface area contributed by atoms with E-state index in [1.54, 1.807) is 6.08 Å². The number of hydrogen-bond acceptors (Lipinski definition) is 3. The van der Waals surface area contributed by atoms with Crippen molar-refractivity contribution >= 4 is 32.7 Å². The van der Waals surface area contributed by atoms with Gasteiger partial charge in [0.2, 0.25) is 5.95 Å². The van der Waals surface area contributed by atoms with Crippen LogP contribution in [0.2, 0.25) is 0 Å². The second-order valence-corrected chi connectivity index (χ2v) is 11.9. The first-order valence-electron chi connectivity index (χ1n) is 16.3. The van der Waals surface area contributed by atoms with Crippen molar-refractivity contribution in [1.29, 1.82) is 0 Å². The van der Waals surface area contributed by atoms with E-state index >= 15 is 0 Å². The van der Waals surface area contributed by atoms with Crippen molar-refractivity contribution in [2.75, 3.05) is 0 Å². The zero-order chi connectivity index (χ0) is 31.7. The largest absolute Gasteiger partial charge is 0.311 e. The molecule has 0 radical (unpaired) electrons. The first kappa shape index (κ1) is 28.6. The molecule has 0 saturated heterocycles. The fraction of sp³-hybridized carbons (Fsp3) is 0.119. The average molecular weight is 610 g/mol. The molecule has 0 aliphatic heterocycles. The second kappa shape index (κ2) is 12.2. The highest BCUT2D eigenvalue weighted by molar-refractivity contribution is 6.18. The SMILES string of the molecule is C=CC.c1ccc(-c2nc(-c3ccccc3)nc(-n3c4ccccc4c4ccc5c6c(n(-c7ccccc7)c5c43)CCCC6)n2)cc1. The van der Waals surface area contributed by atoms with Crippen LogP contribution in [0.25, 0.3) is 67.1 Å². The number of hydrogen-bond donors (Lipinski definition) is 0. The maximum atomic E-state index is 5.19. The third kappa shape index (κ3) is 4.92. The van der Waals surface area contributed by atoms with Gasteiger partial charge in [-0.1, -0.05) is 115 Å². The molecule has 0 atom stereocenters. The van der Waals surface area contributed by atoms with Crippen LogP contribution in [0.15, 0.2) is 140 Å². The van der Waals surface area contributed by atoms with Gasteiger partial charge in [-0.2, -0.15) is 9.97 Å². The van der Waals surface area contributed by atoms with Gasteiger partial charge in [0, 0.05) is 38.7 Å². The lowest BCUT2D eigenvalue weighted by molar-refractivity contribution is 0.667. The third-order valence-electron chi connectivity index (χ3n) is 8.97. The molecule has 1 aliphatic carbocycles. The molecule has 0 spiro atoms. The number of allylic oxidation sites excluding steroid dienone is 1. The molecule has 0 N–H and O–H groups in total. The van der Waals surface area contributed by atoms with Crippen molar-refractivity contribution in [1.82, 2.24) is 24.1 Å². The van der Waals surface area contributed by atoms with Crippen molar-refractivity contribution in [2.24, 2.45) is 0 Å². The standard InChI is InChI=1S/C39H29N5.C3H6/c1-4-14-26(15-5-1)37-40-38(27-16-6-2-7-17-27)42-39(41-37)44-34-23-13-11-21-30(34)32-25-24-31-29-20-10-12-22-33(29)43(35(31)36(32)44)28-18-8-3-9-19-28;1-3-2/h1-9,11,13-19,21,23-25H,10,12,20,22H2;3H,1H2,2H3. The van der Waals surface area contributed by atoms with Crippen LogP contribution in [0.1, 0.15) is 31.0 Å². The summed E-state index contributed by atoms with van der Waals surface area (Å²) in [6.07, 6.45) is 6.34. The van der Waals surface area contributed by atoms with Crippen LogP contribution in [0.4, 0.5) is 0 Å². The van der Waals surface area contributed by atoms with E-state index < -0.39 is 0 Å². The van der Waals surface area contributed by atoms with Crippen LogP contribution in [0, 0.1) is 0 Å². The Morgan fingerprint density at radius 2 is 1.09 bits per heavy atom. The maximum Gasteiger partial charge on any atom is 0.238 e. The Bertz CT molecular complexity index is 2310. The predicted octanol–water partition coefficient (Wildman–Crippen LogP) is 10.3. The van der Waals surface area contributed by atoms with Crippen LogP contribution < -0.4 is 0 Å². The molecule has 47 heavy (non-hydrogen) atoms. The van der Waals surface area contributed by atoms with E-state index in [4.69, 9.17) is 15.0 Å². The summed E-state index contributed by atoms with van der Waals surface area (Å²) >= 11 is 0. The number of benzene rings is 5. The molecule has 5 nitrogen and oxygen atoms in total. The van der Waals surface area contributed by atoms with E-state index in [-0.39, 0.29) is 0 Å². The van der Waals surface area contributed by atoms with Crippen molar-refractivity contribution in [2.45, 2.75) is 32.6 Å². The molecular weight excluding hydrogens is 574 g/mol. The highest BCUT2D eigenvalue weighted by atomic mass is 15.2. The van der Waals surface area contributed by atoms with Gasteiger partial charge in [0.1, 0.15) is 0 Å². The Morgan fingerprint density at radius 1 is 0.553 bits per heavy atom. The van der Waals surface area contributed by atoms with E-state index in [0.717, 1.165) is 35.0 Å². The van der Waals surface area contributed by atoms with Gasteiger partial charge in [-0.05, 0) is 56.4 Å². The Kier molecular flexibility index (Phi) is 7.42. The molecule has 5 aromatic carbocycles. The Labute approximate surface area is 274 Å². The number of aryl methyl sites for hydroxylation is 1. The van der Waals surface area contributed by atoms with Gasteiger partial charge in [0.25, 0.3) is 0 Å². The van der Waals surface area contributed by atoms with Gasteiger partial charge in [-0.3, -0.25) is 4.57 Å². The third-order valence-corrected chi connectivity index (χ3v) is 8.97. The molecule has 3 heterocycles. The fourth-order valence-electron chi connectivity index (χ4n) is 7.04. The van der Waals surface area contributed by atoms with Crippen LogP contribution in [0.5, 0.6) is 0 Å². The van der Waals surface area contributed by atoms with Crippen molar-refractivity contribution in [3.63, 3.8) is 0 Å². The van der Waals surface area contributed by atoms with E-state index in [9.17, 15) is 0 Å². The van der Waals surface area contributed by atoms with Gasteiger partial charge >= 0.3 is 0 Å². The van der Waals surface area contributed by atoms with E-state index in [1.165, 1.54) is 51.5 Å². The van der Waals surface area contributed by atoms with Crippen LogP contribution in [-0.4, -0.2) is 24.1 Å². The molecule has 5 heteroatoms. The van der Waals surface area contributed by atoms with Crippen LogP contribution >= 0.6 is 0 Å². The molecule has 0 unspecified atom stereocenters. The summed E-state index contributed by atoms with van der Waals surface area (Å²) in [6.45, 7) is 5.25. The van der Waals surface area contributed by atoms with Crippen LogP contribution in [-0.2, 0) is 12.8 Å². The second-order valence-electron chi connectivity index (χ2n) is 11.9. The van der Waals surface area contributed by atoms with Gasteiger partial charge in [0.15, 0.2) is 11.6 Å². The summed E-state index contributed by atoms with van der Waals surface area (Å²) in [6, 6.07) is 44.5. The van der Waals surface area contributed by atoms with E-state index in [2.05, 4.69) is 107 Å². The fourth-order valence-corrected chi connectivity index (χ4v) is 7.04. The Morgan fingerprint density at radius 3 is 1.74 bits per heavy atom. The summed E-state index contributed by atoms with van der Waals surface area (Å²) in [7, 11) is 0. The smallest absolute Gasteiger partial charge is 0.238 e. The molecule has 8 aromatic rings. The van der Waals surface area contributed by atoms with E-state index in [0.29, 0.717) is 17.6 Å². The maximum absolute atomic E-state index is 5.19. The highest BCUT2D eigenvalue weighted by Crippen LogP contribution is 2.42. The zero-order valence-corrected chi connectivity index (χ0v) is 26.5. The molecule has 0 fully saturated rings. The Hall–Kier alpha value is -5.81. The summed E-state index contributed by atoms with van der Waals surface area (Å²) < 4.78 is 4.79. The molecule has 228 valence electrons. The minimum absolute atomic E-state index is 0.621. The minimum atomic E-state index is 0.621. The lowest BCUT2D eigenvalue weighted by Crippen LogP contribution is -2.08. The summed E-state index contributed by atoms with van der Waals surface area (Å²) in [5.41, 5.74) is 9.44. The normalized spacial score (nSPS) is 12.5. The zero-order valence-electron chi connectivity index (χ0n) is 26.5. The molecule has 1 aliphatic rings. The number of aromatic nitrogens is 5. The molecule has 9 rings (SSSR count). The lowest BCUT2D eigenvalue weighted by Gasteiger charge is -2.16. The van der Waals surface area contributed by atoms with Gasteiger partial charge in [-0.25, -0.2) is 4.98 Å². The van der Waals surface area contributed by atoms with E-state index in [1.807, 2.05) is 43.3 Å². The van der Waals surface area contributed by atoms with Crippen molar-refractivity contribution in [3.05, 3.63) is 151 Å². The minimum Gasteiger partial charge on any atom is -0.311 e. The summed E-state index contributed by atoms with van der Waals surface area (Å²) in [5, 5.41) is 3.70. The summed E-state index contributed by atoms with van der Waals surface area (Å²) in [5.74, 6) is 1.94. The molecular formula is C42H35N5. The van der Waals surface area contributed by atoms with Crippen molar-refractivity contribution < 1.29 is 0 Å². The number of para-hydroxylation sites is 2. The van der Waals surface area contributed by atoms with Gasteiger partial charge in [-0.15, -0.1) is 6.58 Å². The molecule has 0 amide bonds. The van der Waals surface area contributed by atoms with Crippen LogP contribution in [0.3, 0.4) is 0 Å². The number of fused-ring (bicyclic) bond motifs is 7. The Balaban J connectivity index is 0.00000104. The topological polar surface area (TPSA) is 48.5 Å². The molecule has 0 saturated carbocycles. The van der Waals surface area contributed by atoms with Gasteiger partial charge < -0.3 is 4.57 Å². The first-order chi connectivity index (χ1) is 23.3. The molecule has 3 aromatic heterocycles. The average Bonchev–Trinajstić information content (AvgIpc) is 3.66. The first-order valence-corrected chi connectivity index (χ1v) is 16.3. The number of rotatable bonds is 4. The number of nitrogens with zero attached hydrogens (tertiary/aromatic N) is 5. The monoisotopic (exact) mass is 609 g/mol. The quantitative estimate of drug-likeness (QED) is 0.187. The summed E-state index contributed by atoms with van der Waals surface area (Å²) in [4.78, 5) is 15.4. The van der Waals surface area contributed by atoms with Gasteiger partial charge in [0.05, 0.1) is 16.6 Å². The van der Waals surface area contributed by atoms with Crippen molar-refractivity contribution in [3.8, 4) is 34.4 Å². The molecule has 0 bridgehead atoms. The lowest BCUT2D eigenvalue weighted by atomic mass is 9.95. The highest BCUT2D eigenvalue weighted by Gasteiger charge is 2.26.